The third-order valence-electron chi connectivity index (χ3n) is 2.88. The average Bonchev–Trinajstić information content (AvgIpc) is 2.92. The highest BCUT2D eigenvalue weighted by Gasteiger charge is 2.04. The molecule has 0 atom stereocenters. The SMILES string of the molecule is CCCC/C(C)=N\Nc1nc(-c2ccc(I)cc2)cs1. The fourth-order valence-corrected chi connectivity index (χ4v) is 2.73. The molecule has 0 aliphatic rings. The molecular weight excluding hydrogens is 381 g/mol. The molecule has 0 fully saturated rings. The van der Waals surface area contributed by atoms with Gasteiger partial charge in [0, 0.05) is 20.2 Å². The highest BCUT2D eigenvalue weighted by Crippen LogP contribution is 2.25. The van der Waals surface area contributed by atoms with Crippen molar-refractivity contribution in [2.24, 2.45) is 5.10 Å². The molecule has 0 saturated carbocycles. The molecule has 106 valence electrons. The monoisotopic (exact) mass is 399 g/mol. The van der Waals surface area contributed by atoms with Crippen molar-refractivity contribution in [3.05, 3.63) is 33.2 Å². The standard InChI is InChI=1S/C15H18IN3S/c1-3-4-5-11(2)18-19-15-17-14(10-20-15)12-6-8-13(16)9-7-12/h6-10H,3-5H2,1-2H3,(H,17,19)/b18-11-. The lowest BCUT2D eigenvalue weighted by molar-refractivity contribution is 0.832. The van der Waals surface area contributed by atoms with Crippen LogP contribution in [0.3, 0.4) is 0 Å². The number of nitrogens with one attached hydrogen (secondary N) is 1. The molecule has 0 saturated heterocycles. The molecular formula is C15H18IN3S. The summed E-state index contributed by atoms with van der Waals surface area (Å²) in [5.74, 6) is 0. The highest BCUT2D eigenvalue weighted by molar-refractivity contribution is 14.1. The van der Waals surface area contributed by atoms with Crippen molar-refractivity contribution in [2.75, 3.05) is 5.43 Å². The van der Waals surface area contributed by atoms with Crippen LogP contribution in [0, 0.1) is 3.57 Å². The molecule has 3 nitrogen and oxygen atoms in total. The van der Waals surface area contributed by atoms with Gasteiger partial charge in [0.05, 0.1) is 5.69 Å². The molecule has 0 amide bonds. The fraction of sp³-hybridized carbons (Fsp3) is 0.333. The molecule has 0 aliphatic carbocycles. The van der Waals surface area contributed by atoms with Crippen molar-refractivity contribution in [3.63, 3.8) is 0 Å². The summed E-state index contributed by atoms with van der Waals surface area (Å²) >= 11 is 3.89. The molecule has 2 aromatic rings. The number of hydrazone groups is 1. The molecule has 2 rings (SSSR count). The molecule has 1 heterocycles. The van der Waals surface area contributed by atoms with Crippen molar-refractivity contribution in [2.45, 2.75) is 33.1 Å². The minimum atomic E-state index is 0.842. The molecule has 5 heteroatoms. The summed E-state index contributed by atoms with van der Waals surface area (Å²) in [7, 11) is 0. The Labute approximate surface area is 137 Å². The Balaban J connectivity index is 2.00. The van der Waals surface area contributed by atoms with Crippen LogP contribution in [0.1, 0.15) is 33.1 Å². The maximum atomic E-state index is 4.56. The zero-order valence-electron chi connectivity index (χ0n) is 11.7. The summed E-state index contributed by atoms with van der Waals surface area (Å²) in [4.78, 5) is 4.56. The summed E-state index contributed by atoms with van der Waals surface area (Å²) in [6, 6.07) is 8.37. The highest BCUT2D eigenvalue weighted by atomic mass is 127. The Kier molecular flexibility index (Phi) is 5.97. The van der Waals surface area contributed by atoms with Gasteiger partial charge in [0.1, 0.15) is 0 Å². The van der Waals surface area contributed by atoms with Crippen LogP contribution < -0.4 is 5.43 Å². The van der Waals surface area contributed by atoms with Crippen molar-refractivity contribution in [1.82, 2.24) is 4.98 Å². The van der Waals surface area contributed by atoms with Gasteiger partial charge in [-0.3, -0.25) is 5.43 Å². The molecule has 0 aliphatic heterocycles. The van der Waals surface area contributed by atoms with Gasteiger partial charge < -0.3 is 0 Å². The van der Waals surface area contributed by atoms with Crippen LogP contribution in [0.5, 0.6) is 0 Å². The number of benzene rings is 1. The first-order chi connectivity index (χ1) is 9.69. The lowest BCUT2D eigenvalue weighted by Gasteiger charge is -1.99. The summed E-state index contributed by atoms with van der Waals surface area (Å²) in [5, 5.41) is 7.27. The van der Waals surface area contributed by atoms with Crippen molar-refractivity contribution in [3.8, 4) is 11.3 Å². The minimum Gasteiger partial charge on any atom is -0.253 e. The molecule has 1 aromatic carbocycles. The van der Waals surface area contributed by atoms with Crippen LogP contribution in [0.15, 0.2) is 34.7 Å². The number of rotatable bonds is 6. The smallest absolute Gasteiger partial charge is 0.203 e. The van der Waals surface area contributed by atoms with Crippen LogP contribution in [-0.4, -0.2) is 10.7 Å². The van der Waals surface area contributed by atoms with E-state index in [1.807, 2.05) is 0 Å². The lowest BCUT2D eigenvalue weighted by atomic mass is 10.2. The van der Waals surface area contributed by atoms with E-state index < -0.39 is 0 Å². The predicted molar refractivity (Wildman–Crippen MR) is 96.5 cm³/mol. The van der Waals surface area contributed by atoms with E-state index in [4.69, 9.17) is 0 Å². The van der Waals surface area contributed by atoms with E-state index in [0.717, 1.165) is 28.5 Å². The fourth-order valence-electron chi connectivity index (χ4n) is 1.71. The average molecular weight is 399 g/mol. The van der Waals surface area contributed by atoms with Crippen molar-refractivity contribution < 1.29 is 0 Å². The quantitative estimate of drug-likeness (QED) is 0.402. The molecule has 1 aromatic heterocycles. The van der Waals surface area contributed by atoms with Crippen LogP contribution in [0.2, 0.25) is 0 Å². The van der Waals surface area contributed by atoms with E-state index in [9.17, 15) is 0 Å². The zero-order chi connectivity index (χ0) is 14.4. The summed E-state index contributed by atoms with van der Waals surface area (Å²) < 4.78 is 1.23. The van der Waals surface area contributed by atoms with E-state index in [1.54, 1.807) is 11.3 Å². The Morgan fingerprint density at radius 1 is 1.35 bits per heavy atom. The second-order valence-electron chi connectivity index (χ2n) is 4.61. The second-order valence-corrected chi connectivity index (χ2v) is 6.71. The van der Waals surface area contributed by atoms with Gasteiger partial charge in [-0.15, -0.1) is 11.3 Å². The van der Waals surface area contributed by atoms with Gasteiger partial charge in [0.25, 0.3) is 0 Å². The normalized spacial score (nSPS) is 11.7. The lowest BCUT2D eigenvalue weighted by Crippen LogP contribution is -1.97. The number of hydrogen-bond donors (Lipinski definition) is 1. The van der Waals surface area contributed by atoms with Gasteiger partial charge in [-0.1, -0.05) is 25.5 Å². The van der Waals surface area contributed by atoms with Crippen LogP contribution in [-0.2, 0) is 0 Å². The van der Waals surface area contributed by atoms with Crippen molar-refractivity contribution in [1.29, 1.82) is 0 Å². The van der Waals surface area contributed by atoms with Crippen LogP contribution in [0.4, 0.5) is 5.13 Å². The largest absolute Gasteiger partial charge is 0.253 e. The minimum absolute atomic E-state index is 0.842. The summed E-state index contributed by atoms with van der Waals surface area (Å²) in [5.41, 5.74) is 6.31. The maximum absolute atomic E-state index is 4.56. The van der Waals surface area contributed by atoms with E-state index >= 15 is 0 Å². The number of unbranched alkanes of at least 4 members (excludes halogenated alkanes) is 1. The molecule has 0 spiro atoms. The predicted octanol–water partition coefficient (Wildman–Crippen LogP) is 5.39. The van der Waals surface area contributed by atoms with Gasteiger partial charge in [0.2, 0.25) is 5.13 Å². The summed E-state index contributed by atoms with van der Waals surface area (Å²) in [6.45, 7) is 4.24. The molecule has 1 N–H and O–H groups in total. The second kappa shape index (κ2) is 7.73. The van der Waals surface area contributed by atoms with E-state index in [0.29, 0.717) is 0 Å². The van der Waals surface area contributed by atoms with Crippen LogP contribution >= 0.6 is 33.9 Å². The third-order valence-corrected chi connectivity index (χ3v) is 4.34. The topological polar surface area (TPSA) is 37.3 Å². The number of anilines is 1. The third kappa shape index (κ3) is 4.56. The van der Waals surface area contributed by atoms with Gasteiger partial charge in [-0.05, 0) is 54.5 Å². The number of thiazole rings is 1. The molecule has 20 heavy (non-hydrogen) atoms. The van der Waals surface area contributed by atoms with Crippen LogP contribution in [0.25, 0.3) is 11.3 Å². The maximum Gasteiger partial charge on any atom is 0.203 e. The molecule has 0 radical (unpaired) electrons. The van der Waals surface area contributed by atoms with E-state index in [-0.39, 0.29) is 0 Å². The van der Waals surface area contributed by atoms with Crippen molar-refractivity contribution >= 4 is 44.8 Å². The summed E-state index contributed by atoms with van der Waals surface area (Å²) in [6.07, 6.45) is 3.42. The van der Waals surface area contributed by atoms with Gasteiger partial charge in [0.15, 0.2) is 0 Å². The Morgan fingerprint density at radius 3 is 2.80 bits per heavy atom. The van der Waals surface area contributed by atoms with E-state index in [2.05, 4.69) is 81.6 Å². The van der Waals surface area contributed by atoms with Gasteiger partial charge in [-0.2, -0.15) is 5.10 Å². The number of halogens is 1. The Morgan fingerprint density at radius 2 is 2.10 bits per heavy atom. The molecule has 0 unspecified atom stereocenters. The number of nitrogens with zero attached hydrogens (tertiary/aromatic N) is 2. The zero-order valence-corrected chi connectivity index (χ0v) is 14.7. The number of aromatic nitrogens is 1. The van der Waals surface area contributed by atoms with E-state index in [1.165, 1.54) is 16.4 Å². The van der Waals surface area contributed by atoms with Gasteiger partial charge >= 0.3 is 0 Å². The molecule has 0 bridgehead atoms. The Bertz CT molecular complexity index is 575. The first-order valence-corrected chi connectivity index (χ1v) is 8.65. The van der Waals surface area contributed by atoms with Gasteiger partial charge in [-0.25, -0.2) is 4.98 Å². The number of hydrogen-bond acceptors (Lipinski definition) is 4. The first kappa shape index (κ1) is 15.4. The Hall–Kier alpha value is -0.950. The first-order valence-electron chi connectivity index (χ1n) is 6.69.